The number of aromatic nitrogens is 4. The molecule has 0 saturated heterocycles. The third-order valence-corrected chi connectivity index (χ3v) is 4.34. The van der Waals surface area contributed by atoms with Gasteiger partial charge in [0.05, 0.1) is 33.5 Å². The summed E-state index contributed by atoms with van der Waals surface area (Å²) in [6.07, 6.45) is 0. The van der Waals surface area contributed by atoms with Gasteiger partial charge in [0.25, 0.3) is 0 Å². The zero-order chi connectivity index (χ0) is 14.6. The first-order valence-electron chi connectivity index (χ1n) is 6.31. The fourth-order valence-electron chi connectivity index (χ4n) is 2.52. The van der Waals surface area contributed by atoms with Gasteiger partial charge in [-0.2, -0.15) is 8.75 Å². The monoisotopic (exact) mass is 315 g/mol. The van der Waals surface area contributed by atoms with E-state index in [1.165, 1.54) is 0 Å². The number of nitrogen functional groups attached to an aromatic ring is 1. The number of benzene rings is 2. The predicted molar refractivity (Wildman–Crippen MR) is 86.2 cm³/mol. The van der Waals surface area contributed by atoms with Crippen LogP contribution in [0.15, 0.2) is 30.3 Å². The molecule has 0 spiro atoms. The van der Waals surface area contributed by atoms with E-state index in [1.807, 2.05) is 41.8 Å². The molecule has 0 aliphatic heterocycles. The number of para-hydroxylation sites is 1. The highest BCUT2D eigenvalue weighted by Crippen LogP contribution is 2.33. The first-order chi connectivity index (χ1) is 10.2. The van der Waals surface area contributed by atoms with Gasteiger partial charge < -0.3 is 5.73 Å². The van der Waals surface area contributed by atoms with Crippen molar-refractivity contribution in [2.24, 2.45) is 0 Å². The van der Waals surface area contributed by atoms with Gasteiger partial charge in [-0.15, -0.1) is 0 Å². The topological polar surface area (TPSA) is 69.6 Å². The second-order valence-corrected chi connectivity index (χ2v) is 5.71. The number of imidazole rings is 1. The number of aryl methyl sites for hydroxylation is 1. The van der Waals surface area contributed by atoms with Gasteiger partial charge >= 0.3 is 0 Å². The zero-order valence-corrected chi connectivity index (χ0v) is 12.6. The van der Waals surface area contributed by atoms with E-state index >= 15 is 0 Å². The molecule has 5 nitrogen and oxygen atoms in total. The van der Waals surface area contributed by atoms with Crippen LogP contribution in [0.2, 0.25) is 5.02 Å². The minimum Gasteiger partial charge on any atom is -0.369 e. The minimum atomic E-state index is 0.390. The molecular formula is C14H10ClN5S. The molecule has 2 N–H and O–H groups in total. The number of fused-ring (bicyclic) bond motifs is 2. The Balaban J connectivity index is 2.19. The molecule has 0 bridgehead atoms. The number of nitrogens with two attached hydrogens (primary N) is 1. The summed E-state index contributed by atoms with van der Waals surface area (Å²) in [4.78, 5) is 4.46. The molecule has 21 heavy (non-hydrogen) atoms. The van der Waals surface area contributed by atoms with Crippen LogP contribution < -0.4 is 5.73 Å². The van der Waals surface area contributed by atoms with Gasteiger partial charge in [-0.1, -0.05) is 23.7 Å². The van der Waals surface area contributed by atoms with Crippen LogP contribution in [0.25, 0.3) is 27.8 Å². The van der Waals surface area contributed by atoms with Gasteiger partial charge in [0.15, 0.2) is 0 Å². The summed E-state index contributed by atoms with van der Waals surface area (Å²) >= 11 is 7.55. The molecular weight excluding hydrogens is 306 g/mol. The van der Waals surface area contributed by atoms with Crippen LogP contribution >= 0.6 is 23.3 Å². The van der Waals surface area contributed by atoms with Crippen molar-refractivity contribution >= 4 is 51.3 Å². The lowest BCUT2D eigenvalue weighted by molar-refractivity contribution is 1.12. The standard InChI is InChI=1S/C14H10ClN5S/c1-7-3-2-4-10-11(7)17-14(16)20(10)13-8(15)5-6-9-12(13)19-21-18-9/h2-6H,1H3,(H2,16,17). The number of hydrogen-bond acceptors (Lipinski definition) is 5. The first-order valence-corrected chi connectivity index (χ1v) is 7.42. The Bertz CT molecular complexity index is 988. The van der Waals surface area contributed by atoms with Crippen LogP contribution in [0.1, 0.15) is 5.56 Å². The van der Waals surface area contributed by atoms with Crippen LogP contribution in [0.3, 0.4) is 0 Å². The summed E-state index contributed by atoms with van der Waals surface area (Å²) in [5.74, 6) is 0.390. The third kappa shape index (κ3) is 1.73. The smallest absolute Gasteiger partial charge is 0.206 e. The molecule has 2 aromatic carbocycles. The Morgan fingerprint density at radius 1 is 1.14 bits per heavy atom. The second kappa shape index (κ2) is 4.41. The molecule has 0 saturated carbocycles. The average molecular weight is 316 g/mol. The normalized spacial score (nSPS) is 11.5. The van der Waals surface area contributed by atoms with Crippen molar-refractivity contribution < 1.29 is 0 Å². The fraction of sp³-hybridized carbons (Fsp3) is 0.0714. The van der Waals surface area contributed by atoms with E-state index in [-0.39, 0.29) is 0 Å². The third-order valence-electron chi connectivity index (χ3n) is 3.49. The van der Waals surface area contributed by atoms with Gasteiger partial charge in [0.1, 0.15) is 11.0 Å². The Hall–Kier alpha value is -2.18. The van der Waals surface area contributed by atoms with E-state index in [0.29, 0.717) is 11.0 Å². The van der Waals surface area contributed by atoms with E-state index in [4.69, 9.17) is 17.3 Å². The molecule has 0 fully saturated rings. The van der Waals surface area contributed by atoms with Crippen LogP contribution in [0.4, 0.5) is 5.95 Å². The summed E-state index contributed by atoms with van der Waals surface area (Å²) in [6, 6.07) is 9.61. The van der Waals surface area contributed by atoms with Gasteiger partial charge in [-0.25, -0.2) is 4.98 Å². The fourth-order valence-corrected chi connectivity index (χ4v) is 3.29. The Morgan fingerprint density at radius 3 is 2.86 bits per heavy atom. The summed E-state index contributed by atoms with van der Waals surface area (Å²) in [6.45, 7) is 2.01. The van der Waals surface area contributed by atoms with Crippen molar-refractivity contribution in [1.82, 2.24) is 18.3 Å². The predicted octanol–water partition coefficient (Wildman–Crippen LogP) is 3.57. The number of rotatable bonds is 1. The van der Waals surface area contributed by atoms with E-state index < -0.39 is 0 Å². The van der Waals surface area contributed by atoms with E-state index in [2.05, 4.69) is 13.7 Å². The molecule has 4 rings (SSSR count). The maximum absolute atomic E-state index is 6.40. The lowest BCUT2D eigenvalue weighted by Crippen LogP contribution is -2.02. The summed E-state index contributed by atoms with van der Waals surface area (Å²) in [7, 11) is 0. The lowest BCUT2D eigenvalue weighted by Gasteiger charge is -2.09. The van der Waals surface area contributed by atoms with E-state index in [9.17, 15) is 0 Å². The SMILES string of the molecule is Cc1cccc2c1nc(N)n2-c1c(Cl)ccc2nsnc12. The highest BCUT2D eigenvalue weighted by atomic mass is 35.5. The molecule has 4 aromatic rings. The highest BCUT2D eigenvalue weighted by molar-refractivity contribution is 7.00. The van der Waals surface area contributed by atoms with Gasteiger partial charge in [0, 0.05) is 0 Å². The molecule has 0 atom stereocenters. The number of nitrogens with zero attached hydrogens (tertiary/aromatic N) is 4. The van der Waals surface area contributed by atoms with Crippen molar-refractivity contribution in [3.63, 3.8) is 0 Å². The summed E-state index contributed by atoms with van der Waals surface area (Å²) in [5.41, 5.74) is 11.2. The van der Waals surface area contributed by atoms with Crippen molar-refractivity contribution in [3.05, 3.63) is 40.9 Å². The number of halogens is 1. The van der Waals surface area contributed by atoms with Gasteiger partial charge in [0.2, 0.25) is 5.95 Å². The molecule has 2 aromatic heterocycles. The van der Waals surface area contributed by atoms with Crippen molar-refractivity contribution in [2.45, 2.75) is 6.92 Å². The Labute approximate surface area is 129 Å². The van der Waals surface area contributed by atoms with Crippen LogP contribution in [0.5, 0.6) is 0 Å². The van der Waals surface area contributed by atoms with Crippen LogP contribution in [-0.4, -0.2) is 18.3 Å². The lowest BCUT2D eigenvalue weighted by atomic mass is 10.2. The van der Waals surface area contributed by atoms with Crippen molar-refractivity contribution in [1.29, 1.82) is 0 Å². The quantitative estimate of drug-likeness (QED) is 0.583. The zero-order valence-electron chi connectivity index (χ0n) is 11.0. The number of hydrogen-bond donors (Lipinski definition) is 1. The Morgan fingerprint density at radius 2 is 2.00 bits per heavy atom. The second-order valence-electron chi connectivity index (χ2n) is 4.78. The van der Waals surface area contributed by atoms with Gasteiger partial charge in [-0.3, -0.25) is 4.57 Å². The first kappa shape index (κ1) is 12.6. The van der Waals surface area contributed by atoms with Crippen molar-refractivity contribution in [3.8, 4) is 5.69 Å². The molecule has 0 unspecified atom stereocenters. The molecule has 0 aliphatic carbocycles. The maximum atomic E-state index is 6.40. The summed E-state index contributed by atoms with van der Waals surface area (Å²) < 4.78 is 10.4. The molecule has 2 heterocycles. The molecule has 0 radical (unpaired) electrons. The minimum absolute atomic E-state index is 0.390. The summed E-state index contributed by atoms with van der Waals surface area (Å²) in [5, 5.41) is 0.572. The van der Waals surface area contributed by atoms with Crippen molar-refractivity contribution in [2.75, 3.05) is 5.73 Å². The van der Waals surface area contributed by atoms with Crippen LogP contribution in [-0.2, 0) is 0 Å². The van der Waals surface area contributed by atoms with Crippen LogP contribution in [0, 0.1) is 6.92 Å². The molecule has 0 aliphatic rings. The van der Waals surface area contributed by atoms with E-state index in [1.54, 1.807) is 0 Å². The van der Waals surface area contributed by atoms with Gasteiger partial charge in [-0.05, 0) is 30.7 Å². The largest absolute Gasteiger partial charge is 0.369 e. The Kier molecular flexibility index (Phi) is 2.63. The molecule has 7 heteroatoms. The maximum Gasteiger partial charge on any atom is 0.206 e. The molecule has 0 amide bonds. The molecule has 104 valence electrons. The highest BCUT2D eigenvalue weighted by Gasteiger charge is 2.18. The average Bonchev–Trinajstić information content (AvgIpc) is 3.05. The van der Waals surface area contributed by atoms with E-state index in [0.717, 1.165) is 45.0 Å². The number of anilines is 1.